The summed E-state index contributed by atoms with van der Waals surface area (Å²) in [6, 6.07) is 17.2. The molecule has 4 heterocycles. The Morgan fingerprint density at radius 2 is 1.90 bits per heavy atom. The van der Waals surface area contributed by atoms with E-state index in [9.17, 15) is 23.5 Å². The second-order valence-electron chi connectivity index (χ2n) is 11.8. The number of fused-ring (bicyclic) bond motifs is 2. The van der Waals surface area contributed by atoms with Gasteiger partial charge < -0.3 is 35.1 Å². The van der Waals surface area contributed by atoms with Crippen molar-refractivity contribution >= 4 is 28.9 Å². The predicted molar refractivity (Wildman–Crippen MR) is 176 cm³/mol. The number of amides is 2. The maximum Gasteiger partial charge on any atom is 0.586 e. The lowest BCUT2D eigenvalue weighted by molar-refractivity contribution is -0.286. The van der Waals surface area contributed by atoms with E-state index in [2.05, 4.69) is 24.9 Å². The van der Waals surface area contributed by atoms with Crippen molar-refractivity contribution in [1.29, 1.82) is 0 Å². The number of methoxy groups -OCH3 is 1. The van der Waals surface area contributed by atoms with Crippen LogP contribution in [0.4, 0.5) is 8.78 Å². The molecular formula is C35H30ClF2N5O7. The number of primary amides is 1. The minimum atomic E-state index is -3.96. The van der Waals surface area contributed by atoms with Crippen LogP contribution in [0.3, 0.4) is 0 Å². The number of ether oxygens (including phenoxy) is 4. The number of aliphatic hydroxyl groups is 1. The zero-order chi connectivity index (χ0) is 35.4. The second-order valence-corrected chi connectivity index (χ2v) is 12.2. The summed E-state index contributed by atoms with van der Waals surface area (Å²) >= 11 is 6.58. The first-order valence-corrected chi connectivity index (χ1v) is 16.0. The number of halogens is 3. The zero-order valence-corrected chi connectivity index (χ0v) is 27.5. The van der Waals surface area contributed by atoms with Crippen LogP contribution in [0.2, 0.25) is 5.02 Å². The number of nitrogens with zero attached hydrogens (tertiary/aromatic N) is 3. The van der Waals surface area contributed by atoms with Crippen LogP contribution in [0.25, 0.3) is 16.8 Å². The Hall–Kier alpha value is -5.47. The van der Waals surface area contributed by atoms with Crippen molar-refractivity contribution in [2.45, 2.75) is 37.6 Å². The molecule has 2 amide bonds. The van der Waals surface area contributed by atoms with Gasteiger partial charge in [-0.1, -0.05) is 41.9 Å². The fraction of sp³-hybridized carbons (Fsp3) is 0.257. The summed E-state index contributed by atoms with van der Waals surface area (Å²) in [5, 5.41) is 19.6. The molecule has 0 bridgehead atoms. The van der Waals surface area contributed by atoms with E-state index in [0.717, 1.165) is 18.5 Å². The number of alkyl halides is 2. The topological polar surface area (TPSA) is 160 Å². The molecule has 2 aromatic carbocycles. The highest BCUT2D eigenvalue weighted by molar-refractivity contribution is 6.35. The Morgan fingerprint density at radius 3 is 2.58 bits per heavy atom. The molecule has 12 nitrogen and oxygen atoms in total. The summed E-state index contributed by atoms with van der Waals surface area (Å²) < 4.78 is 50.1. The largest absolute Gasteiger partial charge is 0.586 e. The minimum Gasteiger partial charge on any atom is -0.491 e. The Bertz CT molecular complexity index is 2160. The summed E-state index contributed by atoms with van der Waals surface area (Å²) in [5.41, 5.74) is 5.44. The number of nitrogens with two attached hydrogens (primary N) is 1. The molecule has 0 saturated heterocycles. The molecule has 3 aromatic heterocycles. The number of benzene rings is 2. The number of rotatable bonds is 11. The number of nitrogens with one attached hydrogen (secondary N) is 1. The number of hydrogen-bond acceptors (Lipinski definition) is 9. The smallest absolute Gasteiger partial charge is 0.491 e. The van der Waals surface area contributed by atoms with E-state index in [1.807, 2.05) is 6.07 Å². The Morgan fingerprint density at radius 1 is 1.14 bits per heavy atom. The maximum atomic E-state index is 14.0. The average Bonchev–Trinajstić information content (AvgIpc) is 3.78. The normalized spacial score (nSPS) is 15.8. The van der Waals surface area contributed by atoms with Gasteiger partial charge in [0.1, 0.15) is 11.3 Å². The fourth-order valence-electron chi connectivity index (χ4n) is 5.87. The summed E-state index contributed by atoms with van der Waals surface area (Å²) in [5.74, 6) is -1.63. The van der Waals surface area contributed by atoms with Gasteiger partial charge in [-0.3, -0.25) is 9.59 Å². The van der Waals surface area contributed by atoms with Crippen molar-refractivity contribution in [3.63, 3.8) is 0 Å². The van der Waals surface area contributed by atoms with E-state index in [1.165, 1.54) is 31.4 Å². The molecule has 15 heteroatoms. The molecule has 0 unspecified atom stereocenters. The van der Waals surface area contributed by atoms with Crippen LogP contribution in [0.15, 0.2) is 66.7 Å². The van der Waals surface area contributed by atoms with Gasteiger partial charge in [-0.05, 0) is 55.7 Å². The lowest BCUT2D eigenvalue weighted by Crippen LogP contribution is -2.42. The number of carbonyl (C=O) groups excluding carboxylic acids is 2. The highest BCUT2D eigenvalue weighted by Crippen LogP contribution is 2.51. The molecule has 2 aliphatic rings. The standard InChI is InChI=1S/C35H30ClF2N5O7/c1-3-48-30-23(32(39)44)16-26(41-29(30)22-11-12-25-31(28(22)36)50-35(37,38)49-25)34(46,20-7-5-4-6-8-20)17-40-33(45)19-13-21-15-24(18-9-10-18)42-43(21)27(14-19)47-2/h4-8,11-16,18,46H,3,9-10,17H2,1-2H3,(H2,39,44)(H,40,45)/t34-/m1/s1. The molecule has 1 aliphatic heterocycles. The van der Waals surface area contributed by atoms with Crippen molar-refractivity contribution in [2.75, 3.05) is 20.3 Å². The van der Waals surface area contributed by atoms with E-state index in [0.29, 0.717) is 22.9 Å². The van der Waals surface area contributed by atoms with Gasteiger partial charge in [-0.2, -0.15) is 5.10 Å². The van der Waals surface area contributed by atoms with Gasteiger partial charge in [0.15, 0.2) is 17.2 Å². The third-order valence-electron chi connectivity index (χ3n) is 8.49. The van der Waals surface area contributed by atoms with E-state index < -0.39 is 36.0 Å². The molecule has 7 rings (SSSR count). The van der Waals surface area contributed by atoms with Crippen molar-refractivity contribution in [3.8, 4) is 34.4 Å². The number of aromatic nitrogens is 3. The van der Waals surface area contributed by atoms with Crippen LogP contribution in [0, 0.1) is 0 Å². The first-order valence-electron chi connectivity index (χ1n) is 15.6. The van der Waals surface area contributed by atoms with E-state index in [-0.39, 0.29) is 51.2 Å². The molecule has 50 heavy (non-hydrogen) atoms. The van der Waals surface area contributed by atoms with Gasteiger partial charge in [-0.15, -0.1) is 8.78 Å². The molecule has 0 radical (unpaired) electrons. The second kappa shape index (κ2) is 12.4. The van der Waals surface area contributed by atoms with Crippen LogP contribution in [-0.4, -0.2) is 58.1 Å². The molecular weight excluding hydrogens is 676 g/mol. The van der Waals surface area contributed by atoms with Crippen molar-refractivity contribution in [3.05, 3.63) is 99.8 Å². The van der Waals surface area contributed by atoms with Crippen molar-refractivity contribution in [2.24, 2.45) is 5.73 Å². The predicted octanol–water partition coefficient (Wildman–Crippen LogP) is 5.42. The van der Waals surface area contributed by atoms with E-state index in [1.54, 1.807) is 47.8 Å². The summed E-state index contributed by atoms with van der Waals surface area (Å²) in [4.78, 5) is 31.3. The molecule has 258 valence electrons. The van der Waals surface area contributed by atoms with Gasteiger partial charge in [0, 0.05) is 23.1 Å². The van der Waals surface area contributed by atoms with Crippen LogP contribution >= 0.6 is 11.6 Å². The molecule has 5 aromatic rings. The summed E-state index contributed by atoms with van der Waals surface area (Å²) in [6.45, 7) is 1.28. The van der Waals surface area contributed by atoms with Gasteiger partial charge in [0.2, 0.25) is 5.88 Å². The zero-order valence-electron chi connectivity index (χ0n) is 26.7. The fourth-order valence-corrected chi connectivity index (χ4v) is 6.16. The summed E-state index contributed by atoms with van der Waals surface area (Å²) in [7, 11) is 1.48. The van der Waals surface area contributed by atoms with Crippen LogP contribution in [0.5, 0.6) is 23.1 Å². The highest BCUT2D eigenvalue weighted by Gasteiger charge is 2.45. The lowest BCUT2D eigenvalue weighted by Gasteiger charge is -2.30. The maximum absolute atomic E-state index is 14.0. The van der Waals surface area contributed by atoms with E-state index >= 15 is 0 Å². The van der Waals surface area contributed by atoms with Gasteiger partial charge in [0.25, 0.3) is 11.8 Å². The third kappa shape index (κ3) is 5.90. The van der Waals surface area contributed by atoms with Crippen LogP contribution < -0.4 is 30.0 Å². The highest BCUT2D eigenvalue weighted by atomic mass is 35.5. The van der Waals surface area contributed by atoms with Gasteiger partial charge in [0.05, 0.1) is 47.8 Å². The van der Waals surface area contributed by atoms with Gasteiger partial charge >= 0.3 is 6.29 Å². The van der Waals surface area contributed by atoms with Crippen molar-refractivity contribution < 1.29 is 42.4 Å². The molecule has 1 fully saturated rings. The molecule has 1 saturated carbocycles. The van der Waals surface area contributed by atoms with Crippen molar-refractivity contribution in [1.82, 2.24) is 19.9 Å². The quantitative estimate of drug-likeness (QED) is 0.163. The summed E-state index contributed by atoms with van der Waals surface area (Å²) in [6.07, 6.45) is -1.86. The van der Waals surface area contributed by atoms with Crippen LogP contribution in [0.1, 0.15) is 63.4 Å². The van der Waals surface area contributed by atoms with Gasteiger partial charge in [-0.25, -0.2) is 9.50 Å². The first kappa shape index (κ1) is 33.0. The Balaban J connectivity index is 1.32. The molecule has 1 atom stereocenters. The van der Waals surface area contributed by atoms with E-state index in [4.69, 9.17) is 26.8 Å². The monoisotopic (exact) mass is 705 g/mol. The molecule has 1 aliphatic carbocycles. The number of carbonyl (C=O) groups is 2. The Labute approximate surface area is 288 Å². The molecule has 0 spiro atoms. The first-order chi connectivity index (χ1) is 23.9. The molecule has 4 N–H and O–H groups in total. The average molecular weight is 706 g/mol. The third-order valence-corrected chi connectivity index (χ3v) is 8.86. The number of hydrogen-bond donors (Lipinski definition) is 3. The van der Waals surface area contributed by atoms with Crippen LogP contribution in [-0.2, 0) is 5.60 Å². The minimum absolute atomic E-state index is 0.0192. The Kier molecular flexibility index (Phi) is 8.23. The SMILES string of the molecule is CCOc1c(C(N)=O)cc([C@@](O)(CNC(=O)c2cc(OC)n3nc(C4CC4)cc3c2)c2ccccc2)nc1-c1ccc2c(c1Cl)OC(F)(F)O2. The number of pyridine rings is 2. The lowest BCUT2D eigenvalue weighted by atomic mass is 9.88.